The zero-order valence-corrected chi connectivity index (χ0v) is 12.1. The molecule has 0 aliphatic rings. The summed E-state index contributed by atoms with van der Waals surface area (Å²) >= 11 is 1.52. The van der Waals surface area contributed by atoms with Crippen molar-refractivity contribution in [3.8, 4) is 0 Å². The number of benzene rings is 1. The Morgan fingerprint density at radius 3 is 2.40 bits per heavy atom. The Hall–Kier alpha value is -1.33. The first kappa shape index (κ1) is 15.1. The van der Waals surface area contributed by atoms with Crippen LogP contribution in [0.2, 0.25) is 0 Å². The van der Waals surface area contributed by atoms with E-state index in [1.807, 2.05) is 26.0 Å². The van der Waals surface area contributed by atoms with Gasteiger partial charge < -0.3 is 5.32 Å². The molecule has 1 aromatic carbocycles. The largest absolute Gasteiger partial charge is 0.416 e. The zero-order valence-electron chi connectivity index (χ0n) is 11.3. The minimum Gasteiger partial charge on any atom is -0.306 e. The van der Waals surface area contributed by atoms with Gasteiger partial charge in [0.25, 0.3) is 0 Å². The van der Waals surface area contributed by atoms with E-state index in [0.29, 0.717) is 6.54 Å². The number of hydrogen-bond donors (Lipinski definition) is 1. The summed E-state index contributed by atoms with van der Waals surface area (Å²) in [5.74, 6) is 0. The third-order valence-corrected chi connectivity index (χ3v) is 4.10. The third-order valence-electron chi connectivity index (χ3n) is 3.03. The maximum Gasteiger partial charge on any atom is 0.416 e. The highest BCUT2D eigenvalue weighted by Crippen LogP contribution is 2.37. The standard InChI is InChI=1S/C15H16F3NS/c1-3-19-14(13-9-8-10(2)20-13)11-6-4-5-7-12(11)15(16,17)18/h4-9,14,19H,3H2,1-2H3. The average molecular weight is 299 g/mol. The second-order valence-electron chi connectivity index (χ2n) is 4.52. The first-order valence-corrected chi connectivity index (χ1v) is 7.21. The van der Waals surface area contributed by atoms with Crippen LogP contribution in [0.25, 0.3) is 0 Å². The SMILES string of the molecule is CCNC(c1ccc(C)s1)c1ccccc1C(F)(F)F. The molecule has 1 N–H and O–H groups in total. The Bertz CT molecular complexity index is 574. The Kier molecular flexibility index (Phi) is 4.50. The number of nitrogens with one attached hydrogen (secondary N) is 1. The van der Waals surface area contributed by atoms with E-state index < -0.39 is 17.8 Å². The summed E-state index contributed by atoms with van der Waals surface area (Å²) in [5.41, 5.74) is -0.291. The second-order valence-corrected chi connectivity index (χ2v) is 5.84. The summed E-state index contributed by atoms with van der Waals surface area (Å²) in [6, 6.07) is 9.16. The van der Waals surface area contributed by atoms with Crippen molar-refractivity contribution in [2.45, 2.75) is 26.1 Å². The van der Waals surface area contributed by atoms with Gasteiger partial charge in [0.05, 0.1) is 11.6 Å². The summed E-state index contributed by atoms with van der Waals surface area (Å²) in [6.07, 6.45) is -4.34. The van der Waals surface area contributed by atoms with Crippen molar-refractivity contribution in [2.24, 2.45) is 0 Å². The van der Waals surface area contributed by atoms with E-state index in [9.17, 15) is 13.2 Å². The molecule has 1 heterocycles. The minimum atomic E-state index is -4.34. The Morgan fingerprint density at radius 1 is 1.15 bits per heavy atom. The maximum absolute atomic E-state index is 13.1. The van der Waals surface area contributed by atoms with E-state index in [2.05, 4.69) is 5.32 Å². The molecule has 0 bridgehead atoms. The van der Waals surface area contributed by atoms with Crippen LogP contribution in [-0.4, -0.2) is 6.54 Å². The van der Waals surface area contributed by atoms with Crippen LogP contribution in [0.5, 0.6) is 0 Å². The van der Waals surface area contributed by atoms with Gasteiger partial charge in [0, 0.05) is 9.75 Å². The molecule has 2 aromatic rings. The summed E-state index contributed by atoms with van der Waals surface area (Å²) in [4.78, 5) is 1.99. The lowest BCUT2D eigenvalue weighted by molar-refractivity contribution is -0.138. The van der Waals surface area contributed by atoms with Gasteiger partial charge in [-0.2, -0.15) is 13.2 Å². The molecule has 0 spiro atoms. The van der Waals surface area contributed by atoms with E-state index in [4.69, 9.17) is 0 Å². The average Bonchev–Trinajstić information content (AvgIpc) is 2.81. The topological polar surface area (TPSA) is 12.0 Å². The van der Waals surface area contributed by atoms with Crippen molar-refractivity contribution < 1.29 is 13.2 Å². The van der Waals surface area contributed by atoms with Crippen LogP contribution in [0, 0.1) is 6.92 Å². The summed E-state index contributed by atoms with van der Waals surface area (Å²) < 4.78 is 39.4. The van der Waals surface area contributed by atoms with Crippen LogP contribution < -0.4 is 5.32 Å². The van der Waals surface area contributed by atoms with Gasteiger partial charge in [-0.25, -0.2) is 0 Å². The predicted octanol–water partition coefficient (Wildman–Crippen LogP) is 4.77. The van der Waals surface area contributed by atoms with E-state index >= 15 is 0 Å². The van der Waals surface area contributed by atoms with Crippen molar-refractivity contribution >= 4 is 11.3 Å². The Balaban J connectivity index is 2.50. The second kappa shape index (κ2) is 5.97. The van der Waals surface area contributed by atoms with Crippen LogP contribution in [0.15, 0.2) is 36.4 Å². The van der Waals surface area contributed by atoms with Gasteiger partial charge in [-0.05, 0) is 37.2 Å². The quantitative estimate of drug-likeness (QED) is 0.857. The molecule has 1 nitrogen and oxygen atoms in total. The highest BCUT2D eigenvalue weighted by Gasteiger charge is 2.35. The van der Waals surface area contributed by atoms with Crippen LogP contribution in [0.4, 0.5) is 13.2 Å². The molecule has 5 heteroatoms. The fourth-order valence-electron chi connectivity index (χ4n) is 2.18. The molecule has 0 fully saturated rings. The van der Waals surface area contributed by atoms with Crippen molar-refractivity contribution in [3.05, 3.63) is 57.3 Å². The lowest BCUT2D eigenvalue weighted by Crippen LogP contribution is -2.24. The van der Waals surface area contributed by atoms with Gasteiger partial charge in [0.1, 0.15) is 0 Å². The van der Waals surface area contributed by atoms with E-state index in [1.165, 1.54) is 17.4 Å². The monoisotopic (exact) mass is 299 g/mol. The molecule has 0 aliphatic carbocycles. The lowest BCUT2D eigenvalue weighted by Gasteiger charge is -2.21. The fourth-order valence-corrected chi connectivity index (χ4v) is 3.16. The van der Waals surface area contributed by atoms with Gasteiger partial charge in [-0.3, -0.25) is 0 Å². The first-order chi connectivity index (χ1) is 9.43. The summed E-state index contributed by atoms with van der Waals surface area (Å²) in [7, 11) is 0. The third kappa shape index (κ3) is 3.22. The number of alkyl halides is 3. The molecule has 108 valence electrons. The normalized spacial score (nSPS) is 13.4. The highest BCUT2D eigenvalue weighted by atomic mass is 32.1. The number of halogens is 3. The summed E-state index contributed by atoms with van der Waals surface area (Å²) in [5, 5.41) is 3.15. The predicted molar refractivity (Wildman–Crippen MR) is 76.0 cm³/mol. The Morgan fingerprint density at radius 2 is 1.85 bits per heavy atom. The molecule has 1 aromatic heterocycles. The van der Waals surface area contributed by atoms with Crippen LogP contribution in [0.3, 0.4) is 0 Å². The van der Waals surface area contributed by atoms with Crippen molar-refractivity contribution in [1.29, 1.82) is 0 Å². The molecule has 0 saturated heterocycles. The van der Waals surface area contributed by atoms with E-state index in [-0.39, 0.29) is 5.56 Å². The minimum absolute atomic E-state index is 0.281. The number of hydrogen-bond acceptors (Lipinski definition) is 2. The number of aryl methyl sites for hydroxylation is 1. The van der Waals surface area contributed by atoms with Gasteiger partial charge in [0.2, 0.25) is 0 Å². The van der Waals surface area contributed by atoms with Gasteiger partial charge in [0.15, 0.2) is 0 Å². The van der Waals surface area contributed by atoms with Crippen LogP contribution >= 0.6 is 11.3 Å². The number of thiophene rings is 1. The van der Waals surface area contributed by atoms with Crippen molar-refractivity contribution in [2.75, 3.05) is 6.54 Å². The Labute approximate surface area is 120 Å². The van der Waals surface area contributed by atoms with Crippen molar-refractivity contribution in [3.63, 3.8) is 0 Å². The molecule has 0 amide bonds. The van der Waals surface area contributed by atoms with Gasteiger partial charge in [-0.1, -0.05) is 25.1 Å². The van der Waals surface area contributed by atoms with Gasteiger partial charge >= 0.3 is 6.18 Å². The fraction of sp³-hybridized carbons (Fsp3) is 0.333. The molecule has 20 heavy (non-hydrogen) atoms. The molecule has 0 saturated carbocycles. The lowest BCUT2D eigenvalue weighted by atomic mass is 9.98. The van der Waals surface area contributed by atoms with Gasteiger partial charge in [-0.15, -0.1) is 11.3 Å². The molecular formula is C15H16F3NS. The molecular weight excluding hydrogens is 283 g/mol. The molecule has 1 atom stereocenters. The smallest absolute Gasteiger partial charge is 0.306 e. The van der Waals surface area contributed by atoms with Crippen molar-refractivity contribution in [1.82, 2.24) is 5.32 Å². The van der Waals surface area contributed by atoms with Crippen LogP contribution in [-0.2, 0) is 6.18 Å². The highest BCUT2D eigenvalue weighted by molar-refractivity contribution is 7.12. The molecule has 0 aliphatic heterocycles. The number of rotatable bonds is 4. The van der Waals surface area contributed by atoms with E-state index in [0.717, 1.165) is 15.8 Å². The first-order valence-electron chi connectivity index (χ1n) is 6.39. The van der Waals surface area contributed by atoms with E-state index in [1.54, 1.807) is 12.1 Å². The zero-order chi connectivity index (χ0) is 14.8. The maximum atomic E-state index is 13.1. The molecule has 0 radical (unpaired) electrons. The molecule has 1 unspecified atom stereocenters. The van der Waals surface area contributed by atoms with Crippen LogP contribution in [0.1, 0.15) is 33.8 Å². The summed E-state index contributed by atoms with van der Waals surface area (Å²) in [6.45, 7) is 4.45. The molecule has 2 rings (SSSR count).